The molecule has 0 saturated carbocycles. The number of carbonyl (C=O) groups is 3. The van der Waals surface area contributed by atoms with E-state index in [1.165, 1.54) is 0 Å². The Bertz CT molecular complexity index is 1130. The summed E-state index contributed by atoms with van der Waals surface area (Å²) in [5, 5.41) is 22.2. The van der Waals surface area contributed by atoms with E-state index >= 15 is 0 Å². The minimum absolute atomic E-state index is 0.00888. The number of hydrogen-bond acceptors (Lipinski definition) is 7. The van der Waals surface area contributed by atoms with E-state index in [9.17, 15) is 14.4 Å². The molecular formula is C23H24N4O5S. The second kappa shape index (κ2) is 10.8. The first-order chi connectivity index (χ1) is 15.7. The Morgan fingerprint density at radius 1 is 1.18 bits per heavy atom. The number of amidine groups is 1. The molecule has 9 nitrogen and oxygen atoms in total. The monoisotopic (exact) mass is 468 g/mol. The third kappa shape index (κ3) is 6.66. The summed E-state index contributed by atoms with van der Waals surface area (Å²) >= 11 is 1.15. The van der Waals surface area contributed by atoms with Crippen LogP contribution in [0.15, 0.2) is 52.7 Å². The predicted molar refractivity (Wildman–Crippen MR) is 128 cm³/mol. The summed E-state index contributed by atoms with van der Waals surface area (Å²) in [5.41, 5.74) is 3.91. The van der Waals surface area contributed by atoms with Crippen LogP contribution in [-0.2, 0) is 14.4 Å². The first-order valence-corrected chi connectivity index (χ1v) is 11.0. The van der Waals surface area contributed by atoms with Crippen molar-refractivity contribution in [3.05, 3.63) is 59.2 Å². The number of carbonyl (C=O) groups excluding carboxylic acids is 2. The summed E-state index contributed by atoms with van der Waals surface area (Å²) < 4.78 is 5.17. The fraction of sp³-hybridized carbons (Fsp3) is 0.261. The predicted octanol–water partition coefficient (Wildman–Crippen LogP) is 3.11. The van der Waals surface area contributed by atoms with Crippen molar-refractivity contribution in [3.63, 3.8) is 0 Å². The van der Waals surface area contributed by atoms with Gasteiger partial charge in [-0.1, -0.05) is 42.1 Å². The number of carboxylic acid groups (broad SMARTS) is 1. The van der Waals surface area contributed by atoms with Crippen molar-refractivity contribution in [2.24, 2.45) is 10.2 Å². The van der Waals surface area contributed by atoms with E-state index in [0.717, 1.165) is 28.6 Å². The second-order valence-corrected chi connectivity index (χ2v) is 8.61. The average molecular weight is 469 g/mol. The van der Waals surface area contributed by atoms with Gasteiger partial charge in [0.2, 0.25) is 11.8 Å². The fourth-order valence-corrected chi connectivity index (χ4v) is 4.01. The van der Waals surface area contributed by atoms with Gasteiger partial charge in [-0.25, -0.2) is 4.79 Å². The van der Waals surface area contributed by atoms with E-state index in [-0.39, 0.29) is 18.2 Å². The highest BCUT2D eigenvalue weighted by atomic mass is 32.2. The van der Waals surface area contributed by atoms with Gasteiger partial charge in [-0.2, -0.15) is 5.10 Å². The lowest BCUT2D eigenvalue weighted by molar-refractivity contribution is -0.139. The minimum atomic E-state index is -1.07. The van der Waals surface area contributed by atoms with Crippen LogP contribution in [0.4, 0.5) is 5.69 Å². The van der Waals surface area contributed by atoms with Gasteiger partial charge in [0.15, 0.2) is 11.8 Å². The first kappa shape index (κ1) is 24.0. The molecule has 1 aliphatic heterocycles. The van der Waals surface area contributed by atoms with E-state index in [1.807, 2.05) is 32.0 Å². The number of nitrogens with zero attached hydrogens (tertiary/aromatic N) is 2. The lowest BCUT2D eigenvalue weighted by Crippen LogP contribution is -2.28. The fourth-order valence-electron chi connectivity index (χ4n) is 3.09. The number of benzene rings is 2. The van der Waals surface area contributed by atoms with Crippen LogP contribution in [0.5, 0.6) is 5.75 Å². The zero-order valence-corrected chi connectivity index (χ0v) is 19.2. The van der Waals surface area contributed by atoms with Crippen molar-refractivity contribution in [2.75, 3.05) is 11.9 Å². The zero-order chi connectivity index (χ0) is 24.0. The molecule has 1 saturated heterocycles. The summed E-state index contributed by atoms with van der Waals surface area (Å²) in [7, 11) is 0. The molecular weight excluding hydrogens is 444 g/mol. The number of thioether (sulfide) groups is 1. The third-order valence-electron chi connectivity index (χ3n) is 4.80. The Kier molecular flexibility index (Phi) is 7.83. The van der Waals surface area contributed by atoms with E-state index in [4.69, 9.17) is 9.84 Å². The average Bonchev–Trinajstić information content (AvgIpc) is 3.12. The molecule has 0 bridgehead atoms. The van der Waals surface area contributed by atoms with E-state index in [0.29, 0.717) is 22.2 Å². The Balaban J connectivity index is 1.61. The molecule has 0 spiro atoms. The molecule has 1 unspecified atom stereocenters. The molecule has 33 heavy (non-hydrogen) atoms. The van der Waals surface area contributed by atoms with Crippen LogP contribution in [0.1, 0.15) is 30.0 Å². The van der Waals surface area contributed by atoms with Crippen LogP contribution in [0.2, 0.25) is 0 Å². The van der Waals surface area contributed by atoms with Gasteiger partial charge in [-0.3, -0.25) is 9.59 Å². The number of ether oxygens (including phenoxy) is 1. The van der Waals surface area contributed by atoms with E-state index in [2.05, 4.69) is 20.8 Å². The van der Waals surface area contributed by atoms with E-state index in [1.54, 1.807) is 31.2 Å². The van der Waals surface area contributed by atoms with Gasteiger partial charge in [0.05, 0.1) is 5.71 Å². The smallest absolute Gasteiger partial charge is 0.341 e. The van der Waals surface area contributed by atoms with Crippen LogP contribution >= 0.6 is 11.8 Å². The number of aliphatic carboxylic acids is 1. The summed E-state index contributed by atoms with van der Waals surface area (Å²) in [5.74, 6) is -1.22. The highest BCUT2D eigenvalue weighted by molar-refractivity contribution is 8.15. The summed E-state index contributed by atoms with van der Waals surface area (Å²) in [6, 6.07) is 12.6. The Hall–Kier alpha value is -3.66. The summed E-state index contributed by atoms with van der Waals surface area (Å²) in [6.45, 7) is 5.12. The molecule has 1 heterocycles. The van der Waals surface area contributed by atoms with Gasteiger partial charge in [0.25, 0.3) is 0 Å². The number of nitrogens with one attached hydrogen (secondary N) is 2. The molecule has 1 fully saturated rings. The molecule has 0 aliphatic carbocycles. The van der Waals surface area contributed by atoms with Gasteiger partial charge in [0.1, 0.15) is 11.0 Å². The number of anilines is 1. The number of para-hydroxylation sites is 1. The van der Waals surface area contributed by atoms with Crippen molar-refractivity contribution in [2.45, 2.75) is 32.4 Å². The highest BCUT2D eigenvalue weighted by Gasteiger charge is 2.32. The number of amides is 2. The number of hydrogen-bond donors (Lipinski definition) is 3. The largest absolute Gasteiger partial charge is 0.482 e. The molecule has 3 rings (SSSR count). The molecule has 2 amide bonds. The normalized spacial score (nSPS) is 17.1. The third-order valence-corrected chi connectivity index (χ3v) is 5.87. The molecule has 0 radical (unpaired) electrons. The molecule has 2 aromatic carbocycles. The summed E-state index contributed by atoms with van der Waals surface area (Å²) in [6.07, 6.45) is 0.00888. The van der Waals surface area contributed by atoms with Crippen molar-refractivity contribution in [3.8, 4) is 5.75 Å². The Morgan fingerprint density at radius 2 is 1.88 bits per heavy atom. The molecule has 172 valence electrons. The Labute approximate surface area is 195 Å². The second-order valence-electron chi connectivity index (χ2n) is 7.42. The van der Waals surface area contributed by atoms with Crippen LogP contribution in [0.25, 0.3) is 0 Å². The van der Waals surface area contributed by atoms with Gasteiger partial charge in [0, 0.05) is 17.7 Å². The van der Waals surface area contributed by atoms with Crippen LogP contribution < -0.4 is 15.4 Å². The molecule has 1 aliphatic rings. The molecule has 10 heteroatoms. The maximum Gasteiger partial charge on any atom is 0.341 e. The van der Waals surface area contributed by atoms with Crippen molar-refractivity contribution < 1.29 is 24.2 Å². The Morgan fingerprint density at radius 3 is 2.58 bits per heavy atom. The number of rotatable bonds is 8. The lowest BCUT2D eigenvalue weighted by atomic mass is 10.1. The van der Waals surface area contributed by atoms with Gasteiger partial charge >= 0.3 is 5.97 Å². The highest BCUT2D eigenvalue weighted by Crippen LogP contribution is 2.25. The van der Waals surface area contributed by atoms with E-state index < -0.39 is 17.8 Å². The summed E-state index contributed by atoms with van der Waals surface area (Å²) in [4.78, 5) is 35.4. The maximum atomic E-state index is 12.5. The topological polar surface area (TPSA) is 129 Å². The van der Waals surface area contributed by atoms with Crippen LogP contribution in [0.3, 0.4) is 0 Å². The SMILES string of the molecule is C/C(=N/N=C1NC(=O)C(CC(=O)Nc2c(C)cccc2C)S1)c1cccc(OCC(=O)O)c1. The molecule has 3 N–H and O–H groups in total. The molecule has 2 aromatic rings. The standard InChI is InChI=1S/C23H24N4O5S/c1-13-6-4-7-14(2)21(13)24-19(28)11-18-22(31)25-23(33-18)27-26-15(3)16-8-5-9-17(10-16)32-12-20(29)30/h4-10,18H,11-12H2,1-3H3,(H,24,28)(H,29,30)(H,25,27,31)/b26-15-. The van der Waals surface area contributed by atoms with Gasteiger partial charge < -0.3 is 20.5 Å². The van der Waals surface area contributed by atoms with Gasteiger partial charge in [-0.05, 0) is 44.0 Å². The maximum absolute atomic E-state index is 12.5. The molecule has 0 aromatic heterocycles. The zero-order valence-electron chi connectivity index (χ0n) is 18.4. The van der Waals surface area contributed by atoms with Gasteiger partial charge in [-0.15, -0.1) is 5.10 Å². The van der Waals surface area contributed by atoms with Crippen molar-refractivity contribution in [1.29, 1.82) is 0 Å². The van der Waals surface area contributed by atoms with Crippen molar-refractivity contribution in [1.82, 2.24) is 5.32 Å². The molecule has 1 atom stereocenters. The lowest BCUT2D eigenvalue weighted by Gasteiger charge is -2.12. The van der Waals surface area contributed by atoms with Crippen molar-refractivity contribution >= 4 is 46.1 Å². The first-order valence-electron chi connectivity index (χ1n) is 10.1. The van der Waals surface area contributed by atoms with Crippen LogP contribution in [0, 0.1) is 13.8 Å². The number of aryl methyl sites for hydroxylation is 2. The number of carboxylic acids is 1. The quantitative estimate of drug-likeness (QED) is 0.403. The minimum Gasteiger partial charge on any atom is -0.482 e. The van der Waals surface area contributed by atoms with Crippen LogP contribution in [-0.4, -0.2) is 45.6 Å².